The first kappa shape index (κ1) is 20.6. The number of nitrogens with zero attached hydrogens (tertiary/aromatic N) is 3. The third-order valence-corrected chi connectivity index (χ3v) is 5.31. The van der Waals surface area contributed by atoms with Crippen LogP contribution in [-0.2, 0) is 0 Å². The molecule has 0 atom stereocenters. The van der Waals surface area contributed by atoms with Crippen molar-refractivity contribution in [1.29, 1.82) is 0 Å². The number of nitro benzene ring substituents is 1. The van der Waals surface area contributed by atoms with E-state index in [0.29, 0.717) is 61.9 Å². The molecule has 10 heteroatoms. The number of benzene rings is 2. The molecule has 0 bridgehead atoms. The van der Waals surface area contributed by atoms with Crippen molar-refractivity contribution in [2.45, 2.75) is 0 Å². The Bertz CT molecular complexity index is 1000. The van der Waals surface area contributed by atoms with E-state index in [-0.39, 0.29) is 24.3 Å². The average Bonchev–Trinajstić information content (AvgIpc) is 3.27. The number of fused-ring (bicyclic) bond motifs is 1. The number of hydrogen-bond donors (Lipinski definition) is 1. The standard InChI is InChI=1S/C21H22N4O6/c26-20(15-4-5-18-19(13-15)31-14-30-18)22-6-7-23-8-10-24(11-9-23)21(27)16-2-1-3-17(12-16)25(28)29/h1-5,12-13H,6-11,14H2,(H,22,26). The molecule has 0 spiro atoms. The molecule has 1 saturated heterocycles. The van der Waals surface area contributed by atoms with Gasteiger partial charge in [-0.15, -0.1) is 0 Å². The van der Waals surface area contributed by atoms with Gasteiger partial charge in [0, 0.05) is 62.5 Å². The highest BCUT2D eigenvalue weighted by molar-refractivity contribution is 5.95. The topological polar surface area (TPSA) is 114 Å². The lowest BCUT2D eigenvalue weighted by Gasteiger charge is -2.34. The molecule has 10 nitrogen and oxygen atoms in total. The van der Waals surface area contributed by atoms with E-state index in [1.165, 1.54) is 18.2 Å². The average molecular weight is 426 g/mol. The van der Waals surface area contributed by atoms with Crippen molar-refractivity contribution in [3.05, 3.63) is 63.7 Å². The van der Waals surface area contributed by atoms with Crippen molar-refractivity contribution in [2.24, 2.45) is 0 Å². The number of non-ortho nitro benzene ring substituents is 1. The summed E-state index contributed by atoms with van der Waals surface area (Å²) in [5.41, 5.74) is 0.734. The fourth-order valence-corrected chi connectivity index (χ4v) is 3.58. The van der Waals surface area contributed by atoms with Crippen LogP contribution in [0.25, 0.3) is 0 Å². The molecule has 2 heterocycles. The van der Waals surface area contributed by atoms with Gasteiger partial charge in [-0.1, -0.05) is 6.07 Å². The van der Waals surface area contributed by atoms with E-state index in [4.69, 9.17) is 9.47 Å². The zero-order valence-corrected chi connectivity index (χ0v) is 16.8. The van der Waals surface area contributed by atoms with Crippen LogP contribution in [0.2, 0.25) is 0 Å². The summed E-state index contributed by atoms with van der Waals surface area (Å²) in [6, 6.07) is 10.9. The van der Waals surface area contributed by atoms with Crippen molar-refractivity contribution in [1.82, 2.24) is 15.1 Å². The zero-order valence-electron chi connectivity index (χ0n) is 16.8. The van der Waals surface area contributed by atoms with Crippen molar-refractivity contribution < 1.29 is 24.0 Å². The number of nitro groups is 1. The lowest BCUT2D eigenvalue weighted by atomic mass is 10.1. The number of carbonyl (C=O) groups excluding carboxylic acids is 2. The Morgan fingerprint density at radius 1 is 1.00 bits per heavy atom. The van der Waals surface area contributed by atoms with Crippen LogP contribution in [0.5, 0.6) is 11.5 Å². The molecule has 1 fully saturated rings. The highest BCUT2D eigenvalue weighted by atomic mass is 16.7. The Morgan fingerprint density at radius 2 is 1.77 bits per heavy atom. The van der Waals surface area contributed by atoms with Gasteiger partial charge < -0.3 is 19.7 Å². The molecular formula is C21H22N4O6. The van der Waals surface area contributed by atoms with E-state index in [0.717, 1.165) is 0 Å². The Balaban J connectivity index is 1.22. The Kier molecular flexibility index (Phi) is 5.99. The summed E-state index contributed by atoms with van der Waals surface area (Å²) in [7, 11) is 0. The van der Waals surface area contributed by atoms with Gasteiger partial charge in [-0.3, -0.25) is 24.6 Å². The smallest absolute Gasteiger partial charge is 0.270 e. The monoisotopic (exact) mass is 426 g/mol. The quantitative estimate of drug-likeness (QED) is 0.550. The molecule has 0 aliphatic carbocycles. The van der Waals surface area contributed by atoms with Crippen molar-refractivity contribution in [3.63, 3.8) is 0 Å². The van der Waals surface area contributed by atoms with Crippen LogP contribution in [0.1, 0.15) is 20.7 Å². The number of ether oxygens (including phenoxy) is 2. The van der Waals surface area contributed by atoms with Gasteiger partial charge in [-0.25, -0.2) is 0 Å². The molecule has 2 aliphatic rings. The summed E-state index contributed by atoms with van der Waals surface area (Å²) in [4.78, 5) is 39.2. The Labute approximate surface area is 178 Å². The number of rotatable bonds is 6. The van der Waals surface area contributed by atoms with E-state index < -0.39 is 4.92 Å². The maximum Gasteiger partial charge on any atom is 0.270 e. The van der Waals surface area contributed by atoms with E-state index in [2.05, 4.69) is 10.2 Å². The first-order valence-electron chi connectivity index (χ1n) is 9.95. The maximum absolute atomic E-state index is 12.6. The van der Waals surface area contributed by atoms with E-state index >= 15 is 0 Å². The normalized spacial score (nSPS) is 15.5. The summed E-state index contributed by atoms with van der Waals surface area (Å²) >= 11 is 0. The van der Waals surface area contributed by atoms with Gasteiger partial charge in [0.05, 0.1) is 4.92 Å². The molecule has 0 aromatic heterocycles. The molecule has 2 aromatic rings. The summed E-state index contributed by atoms with van der Waals surface area (Å²) in [5, 5.41) is 13.8. The molecule has 4 rings (SSSR count). The lowest BCUT2D eigenvalue weighted by Crippen LogP contribution is -2.50. The number of nitrogens with one attached hydrogen (secondary N) is 1. The van der Waals surface area contributed by atoms with Crippen molar-refractivity contribution >= 4 is 17.5 Å². The largest absolute Gasteiger partial charge is 0.454 e. The molecule has 162 valence electrons. The van der Waals surface area contributed by atoms with Gasteiger partial charge in [-0.2, -0.15) is 0 Å². The van der Waals surface area contributed by atoms with Crippen LogP contribution < -0.4 is 14.8 Å². The Hall–Kier alpha value is -3.66. The third kappa shape index (κ3) is 4.75. The predicted octanol–water partition coefficient (Wildman–Crippen LogP) is 1.51. The number of piperazine rings is 1. The minimum atomic E-state index is -0.507. The number of carbonyl (C=O) groups is 2. The Morgan fingerprint density at radius 3 is 2.55 bits per heavy atom. The van der Waals surface area contributed by atoms with Gasteiger partial charge >= 0.3 is 0 Å². The fourth-order valence-electron chi connectivity index (χ4n) is 3.58. The lowest BCUT2D eigenvalue weighted by molar-refractivity contribution is -0.384. The van der Waals surface area contributed by atoms with Gasteiger partial charge in [0.25, 0.3) is 17.5 Å². The molecule has 0 radical (unpaired) electrons. The molecular weight excluding hydrogens is 404 g/mol. The van der Waals surface area contributed by atoms with Gasteiger partial charge in [0.1, 0.15) is 0 Å². The zero-order chi connectivity index (χ0) is 21.8. The highest BCUT2D eigenvalue weighted by Crippen LogP contribution is 2.32. The molecule has 1 N–H and O–H groups in total. The first-order valence-corrected chi connectivity index (χ1v) is 9.95. The van der Waals surface area contributed by atoms with Crippen LogP contribution in [0, 0.1) is 10.1 Å². The number of amides is 2. The van der Waals surface area contributed by atoms with Crippen LogP contribution in [0.4, 0.5) is 5.69 Å². The molecule has 2 aliphatic heterocycles. The van der Waals surface area contributed by atoms with Crippen molar-refractivity contribution in [3.8, 4) is 11.5 Å². The second-order valence-corrected chi connectivity index (χ2v) is 7.27. The molecule has 0 saturated carbocycles. The maximum atomic E-state index is 12.6. The van der Waals surface area contributed by atoms with Crippen LogP contribution >= 0.6 is 0 Å². The highest BCUT2D eigenvalue weighted by Gasteiger charge is 2.23. The third-order valence-electron chi connectivity index (χ3n) is 5.31. The van der Waals surface area contributed by atoms with Gasteiger partial charge in [-0.05, 0) is 24.3 Å². The molecule has 2 aromatic carbocycles. The van der Waals surface area contributed by atoms with E-state index in [1.807, 2.05) is 0 Å². The van der Waals surface area contributed by atoms with Crippen LogP contribution in [-0.4, -0.2) is 72.6 Å². The SMILES string of the molecule is O=C(NCCN1CCN(C(=O)c2cccc([N+](=O)[O-])c2)CC1)c1ccc2c(c1)OCO2. The summed E-state index contributed by atoms with van der Waals surface area (Å²) in [6.07, 6.45) is 0. The second kappa shape index (κ2) is 9.00. The first-order chi connectivity index (χ1) is 15.0. The van der Waals surface area contributed by atoms with Crippen LogP contribution in [0.3, 0.4) is 0 Å². The minimum absolute atomic E-state index is 0.0947. The second-order valence-electron chi connectivity index (χ2n) is 7.27. The summed E-state index contributed by atoms with van der Waals surface area (Å²) < 4.78 is 10.5. The van der Waals surface area contributed by atoms with E-state index in [9.17, 15) is 19.7 Å². The molecule has 31 heavy (non-hydrogen) atoms. The predicted molar refractivity (Wildman–Crippen MR) is 110 cm³/mol. The number of hydrogen-bond acceptors (Lipinski definition) is 7. The fraction of sp³-hybridized carbons (Fsp3) is 0.333. The van der Waals surface area contributed by atoms with Gasteiger partial charge in [0.2, 0.25) is 6.79 Å². The summed E-state index contributed by atoms with van der Waals surface area (Å²) in [5.74, 6) is 0.809. The van der Waals surface area contributed by atoms with E-state index in [1.54, 1.807) is 29.2 Å². The molecule has 2 amide bonds. The van der Waals surface area contributed by atoms with Gasteiger partial charge in [0.15, 0.2) is 11.5 Å². The van der Waals surface area contributed by atoms with Crippen LogP contribution in [0.15, 0.2) is 42.5 Å². The molecule has 0 unspecified atom stereocenters. The summed E-state index contributed by atoms with van der Waals surface area (Å²) in [6.45, 7) is 3.69. The van der Waals surface area contributed by atoms with Crippen molar-refractivity contribution in [2.75, 3.05) is 46.1 Å². The minimum Gasteiger partial charge on any atom is -0.454 e.